The average molecular weight is 678 g/mol. The summed E-state index contributed by atoms with van der Waals surface area (Å²) in [4.78, 5) is 59.3. The van der Waals surface area contributed by atoms with Crippen LogP contribution in [0.2, 0.25) is 0 Å². The second kappa shape index (κ2) is 16.1. The van der Waals surface area contributed by atoms with Gasteiger partial charge in [0.05, 0.1) is 6.04 Å². The molecule has 4 atom stereocenters. The van der Waals surface area contributed by atoms with Crippen molar-refractivity contribution in [3.05, 3.63) is 114 Å². The molecule has 260 valence electrons. The van der Waals surface area contributed by atoms with E-state index >= 15 is 0 Å². The SMILES string of the molecule is CCC[C@H]1C(=O)N(C(Cc2ccc3ccccc3c2)C(=O)Nc2ccccc2)CCN1C(=O)[C@@H](Cc1ccc(F)cc1)NC(=O)C1CCCN1. The van der Waals surface area contributed by atoms with E-state index in [2.05, 4.69) is 16.0 Å². The quantitative estimate of drug-likeness (QED) is 0.199. The molecule has 0 aliphatic carbocycles. The average Bonchev–Trinajstić information content (AvgIpc) is 3.68. The Bertz CT molecular complexity index is 1810. The molecule has 50 heavy (non-hydrogen) atoms. The second-order valence-electron chi connectivity index (χ2n) is 13.2. The van der Waals surface area contributed by atoms with Crippen molar-refractivity contribution in [1.29, 1.82) is 0 Å². The van der Waals surface area contributed by atoms with Crippen LogP contribution in [0.1, 0.15) is 43.7 Å². The summed E-state index contributed by atoms with van der Waals surface area (Å²) in [5.74, 6) is -1.64. The van der Waals surface area contributed by atoms with Crippen molar-refractivity contribution in [1.82, 2.24) is 20.4 Å². The Morgan fingerprint density at radius 2 is 1.60 bits per heavy atom. The van der Waals surface area contributed by atoms with Gasteiger partial charge in [0.1, 0.15) is 23.9 Å². The molecular formula is C40H44FN5O4. The largest absolute Gasteiger partial charge is 0.343 e. The van der Waals surface area contributed by atoms with Crippen molar-refractivity contribution in [3.63, 3.8) is 0 Å². The first-order chi connectivity index (χ1) is 24.3. The van der Waals surface area contributed by atoms with Gasteiger partial charge in [-0.1, -0.05) is 86.1 Å². The molecule has 0 saturated carbocycles. The zero-order valence-corrected chi connectivity index (χ0v) is 28.3. The maximum absolute atomic E-state index is 14.5. The summed E-state index contributed by atoms with van der Waals surface area (Å²) < 4.78 is 13.7. The zero-order valence-electron chi connectivity index (χ0n) is 28.3. The van der Waals surface area contributed by atoms with Crippen LogP contribution in [-0.2, 0) is 32.0 Å². The lowest BCUT2D eigenvalue weighted by Gasteiger charge is -2.44. The summed E-state index contributed by atoms with van der Waals surface area (Å²) in [6.45, 7) is 3.02. The molecule has 2 aliphatic rings. The van der Waals surface area contributed by atoms with Crippen molar-refractivity contribution in [3.8, 4) is 0 Å². The summed E-state index contributed by atoms with van der Waals surface area (Å²) in [5.41, 5.74) is 2.23. The van der Waals surface area contributed by atoms with Gasteiger partial charge in [-0.05, 0) is 72.0 Å². The predicted molar refractivity (Wildman–Crippen MR) is 192 cm³/mol. The number of carbonyl (C=O) groups excluding carboxylic acids is 4. The van der Waals surface area contributed by atoms with Crippen molar-refractivity contribution >= 4 is 40.1 Å². The van der Waals surface area contributed by atoms with Gasteiger partial charge in [0, 0.05) is 31.6 Å². The highest BCUT2D eigenvalue weighted by atomic mass is 19.1. The maximum atomic E-state index is 14.5. The van der Waals surface area contributed by atoms with Crippen LogP contribution in [0.5, 0.6) is 0 Å². The number of fused-ring (bicyclic) bond motifs is 1. The van der Waals surface area contributed by atoms with Crippen molar-refractivity contribution in [2.45, 2.75) is 69.6 Å². The summed E-state index contributed by atoms with van der Waals surface area (Å²) >= 11 is 0. The zero-order chi connectivity index (χ0) is 35.0. The van der Waals surface area contributed by atoms with E-state index in [1.165, 1.54) is 12.1 Å². The summed E-state index contributed by atoms with van der Waals surface area (Å²) in [6, 6.07) is 26.1. The van der Waals surface area contributed by atoms with E-state index in [1.807, 2.05) is 67.6 Å². The molecule has 9 nitrogen and oxygen atoms in total. The third kappa shape index (κ3) is 8.19. The number of halogens is 1. The molecule has 4 aromatic rings. The van der Waals surface area contributed by atoms with E-state index in [1.54, 1.807) is 34.1 Å². The van der Waals surface area contributed by atoms with Crippen LogP contribution >= 0.6 is 0 Å². The van der Waals surface area contributed by atoms with Gasteiger partial charge in [0.2, 0.25) is 23.6 Å². The number of nitrogens with one attached hydrogen (secondary N) is 3. The number of hydrogen-bond acceptors (Lipinski definition) is 5. The maximum Gasteiger partial charge on any atom is 0.247 e. The molecule has 0 aromatic heterocycles. The first-order valence-electron chi connectivity index (χ1n) is 17.5. The Balaban J connectivity index is 1.27. The topological polar surface area (TPSA) is 111 Å². The van der Waals surface area contributed by atoms with Crippen LogP contribution in [0.15, 0.2) is 97.1 Å². The third-order valence-corrected chi connectivity index (χ3v) is 9.68. The minimum absolute atomic E-state index is 0.145. The second-order valence-corrected chi connectivity index (χ2v) is 13.2. The normalized spacial score (nSPS) is 18.9. The number of rotatable bonds is 12. The van der Waals surface area contributed by atoms with E-state index in [4.69, 9.17) is 0 Å². The molecule has 2 saturated heterocycles. The molecule has 4 amide bonds. The molecule has 0 radical (unpaired) electrons. The smallest absolute Gasteiger partial charge is 0.247 e. The number of hydrogen-bond donors (Lipinski definition) is 3. The number of benzene rings is 4. The number of anilines is 1. The molecule has 10 heteroatoms. The van der Waals surface area contributed by atoms with Gasteiger partial charge in [-0.15, -0.1) is 0 Å². The standard InChI is InChI=1S/C40H44FN5O4/c1-2-9-35-40(50)46(36(38(48)43-32-12-4-3-5-13-32)26-28-15-18-29-10-6-7-11-30(29)24-28)23-22-45(35)39(49)34(25-27-16-19-31(41)20-17-27)44-37(47)33-14-8-21-42-33/h3-7,10-13,15-20,24,33-36,42H,2,8-9,14,21-23,25-26H2,1H3,(H,43,48)(H,44,47)/t33?,34-,35+,36?/m1/s1. The highest BCUT2D eigenvalue weighted by molar-refractivity contribution is 6.00. The summed E-state index contributed by atoms with van der Waals surface area (Å²) in [5, 5.41) is 11.3. The number of para-hydroxylation sites is 1. The van der Waals surface area contributed by atoms with Crippen LogP contribution in [0.3, 0.4) is 0 Å². The molecular weight excluding hydrogens is 633 g/mol. The minimum atomic E-state index is -0.955. The fourth-order valence-corrected chi connectivity index (χ4v) is 7.05. The fourth-order valence-electron chi connectivity index (χ4n) is 7.05. The van der Waals surface area contributed by atoms with E-state index in [0.717, 1.165) is 29.3 Å². The summed E-state index contributed by atoms with van der Waals surface area (Å²) in [6.07, 6.45) is 2.99. The van der Waals surface area contributed by atoms with Crippen LogP contribution in [0.4, 0.5) is 10.1 Å². The number of amides is 4. The van der Waals surface area contributed by atoms with Crippen LogP contribution in [-0.4, -0.2) is 77.2 Å². The van der Waals surface area contributed by atoms with E-state index < -0.39 is 30.0 Å². The van der Waals surface area contributed by atoms with Crippen LogP contribution in [0.25, 0.3) is 10.8 Å². The molecule has 2 fully saturated rings. The lowest BCUT2D eigenvalue weighted by Crippen LogP contribution is -2.65. The first kappa shape index (κ1) is 34.8. The number of piperazine rings is 1. The first-order valence-corrected chi connectivity index (χ1v) is 17.5. The molecule has 2 heterocycles. The van der Waals surface area contributed by atoms with Crippen LogP contribution in [0, 0.1) is 5.82 Å². The van der Waals surface area contributed by atoms with Gasteiger partial charge in [0.15, 0.2) is 0 Å². The van der Waals surface area contributed by atoms with Crippen LogP contribution < -0.4 is 16.0 Å². The lowest BCUT2D eigenvalue weighted by atomic mass is 9.96. The van der Waals surface area contributed by atoms with Crippen molar-refractivity contribution < 1.29 is 23.6 Å². The highest BCUT2D eigenvalue weighted by Gasteiger charge is 2.43. The summed E-state index contributed by atoms with van der Waals surface area (Å²) in [7, 11) is 0. The molecule has 0 bridgehead atoms. The minimum Gasteiger partial charge on any atom is -0.343 e. The molecule has 0 spiro atoms. The Morgan fingerprint density at radius 1 is 0.880 bits per heavy atom. The number of nitrogens with zero attached hydrogens (tertiary/aromatic N) is 2. The molecule has 3 N–H and O–H groups in total. The fraction of sp³-hybridized carbons (Fsp3) is 0.350. The Labute approximate surface area is 292 Å². The predicted octanol–water partition coefficient (Wildman–Crippen LogP) is 4.85. The van der Waals surface area contributed by atoms with E-state index in [-0.39, 0.29) is 43.1 Å². The molecule has 4 aromatic carbocycles. The van der Waals surface area contributed by atoms with Gasteiger partial charge >= 0.3 is 0 Å². The van der Waals surface area contributed by atoms with Gasteiger partial charge in [-0.25, -0.2) is 4.39 Å². The van der Waals surface area contributed by atoms with Gasteiger partial charge in [-0.2, -0.15) is 0 Å². The lowest BCUT2D eigenvalue weighted by molar-refractivity contribution is -0.156. The highest BCUT2D eigenvalue weighted by Crippen LogP contribution is 2.25. The van der Waals surface area contributed by atoms with Gasteiger partial charge in [-0.3, -0.25) is 19.2 Å². The number of carbonyl (C=O) groups is 4. The molecule has 6 rings (SSSR count). The van der Waals surface area contributed by atoms with Gasteiger partial charge in [0.25, 0.3) is 0 Å². The van der Waals surface area contributed by atoms with Gasteiger partial charge < -0.3 is 25.8 Å². The van der Waals surface area contributed by atoms with E-state index in [9.17, 15) is 23.6 Å². The Hall–Kier alpha value is -5.09. The van der Waals surface area contributed by atoms with Crippen molar-refractivity contribution in [2.75, 3.05) is 25.0 Å². The van der Waals surface area contributed by atoms with Crippen molar-refractivity contribution in [2.24, 2.45) is 0 Å². The Kier molecular flexibility index (Phi) is 11.2. The third-order valence-electron chi connectivity index (χ3n) is 9.68. The Morgan fingerprint density at radius 3 is 2.32 bits per heavy atom. The van der Waals surface area contributed by atoms with E-state index in [0.29, 0.717) is 36.9 Å². The molecule has 2 unspecified atom stereocenters. The monoisotopic (exact) mass is 677 g/mol. The molecule has 2 aliphatic heterocycles.